The van der Waals surface area contributed by atoms with E-state index in [4.69, 9.17) is 9.47 Å². The van der Waals surface area contributed by atoms with E-state index in [1.54, 1.807) is 18.2 Å². The first kappa shape index (κ1) is 15.5. The maximum atomic E-state index is 10.7. The Labute approximate surface area is 113 Å². The molecule has 5 nitrogen and oxygen atoms in total. The van der Waals surface area contributed by atoms with Crippen LogP contribution in [0.1, 0.15) is 24.2 Å². The van der Waals surface area contributed by atoms with Crippen molar-refractivity contribution in [3.63, 3.8) is 0 Å². The summed E-state index contributed by atoms with van der Waals surface area (Å²) >= 11 is 0. The Morgan fingerprint density at radius 2 is 2.11 bits per heavy atom. The Kier molecular flexibility index (Phi) is 6.32. The van der Waals surface area contributed by atoms with Crippen molar-refractivity contribution >= 4 is 6.29 Å². The summed E-state index contributed by atoms with van der Waals surface area (Å²) in [4.78, 5) is 10.7. The van der Waals surface area contributed by atoms with E-state index in [1.807, 2.05) is 13.8 Å². The van der Waals surface area contributed by atoms with E-state index in [9.17, 15) is 9.90 Å². The fourth-order valence-electron chi connectivity index (χ4n) is 1.49. The Morgan fingerprint density at radius 3 is 2.68 bits per heavy atom. The highest BCUT2D eigenvalue weighted by Gasteiger charge is 2.09. The molecule has 0 aliphatic heterocycles. The number of ether oxygens (including phenoxy) is 2. The molecule has 19 heavy (non-hydrogen) atoms. The first-order chi connectivity index (χ1) is 9.06. The van der Waals surface area contributed by atoms with Gasteiger partial charge in [-0.25, -0.2) is 0 Å². The maximum Gasteiger partial charge on any atom is 0.161 e. The standard InChI is InChI=1S/C14H21NO4/c1-10(2)15-7-12(17)9-19-13-5-4-11(8-16)6-14(13)18-3/h4-6,8,10,12,15,17H,7,9H2,1-3H3. The van der Waals surface area contributed by atoms with Crippen molar-refractivity contribution in [3.8, 4) is 11.5 Å². The van der Waals surface area contributed by atoms with Gasteiger partial charge in [-0.3, -0.25) is 4.79 Å². The summed E-state index contributed by atoms with van der Waals surface area (Å²) in [6, 6.07) is 5.21. The molecule has 1 aromatic carbocycles. The molecule has 5 heteroatoms. The van der Waals surface area contributed by atoms with Gasteiger partial charge in [-0.15, -0.1) is 0 Å². The average molecular weight is 267 g/mol. The third kappa shape index (κ3) is 5.28. The molecule has 1 unspecified atom stereocenters. The van der Waals surface area contributed by atoms with Gasteiger partial charge in [0.2, 0.25) is 0 Å². The molecule has 1 aromatic rings. The van der Waals surface area contributed by atoms with Gasteiger partial charge >= 0.3 is 0 Å². The highest BCUT2D eigenvalue weighted by atomic mass is 16.5. The van der Waals surface area contributed by atoms with Crippen molar-refractivity contribution in [2.75, 3.05) is 20.3 Å². The van der Waals surface area contributed by atoms with E-state index < -0.39 is 6.10 Å². The topological polar surface area (TPSA) is 67.8 Å². The molecule has 1 rings (SSSR count). The second kappa shape index (κ2) is 7.76. The molecular formula is C14H21NO4. The van der Waals surface area contributed by atoms with Crippen LogP contribution >= 0.6 is 0 Å². The Balaban J connectivity index is 2.54. The van der Waals surface area contributed by atoms with E-state index in [0.29, 0.717) is 29.6 Å². The number of aliphatic hydroxyl groups is 1. The van der Waals surface area contributed by atoms with Crippen molar-refractivity contribution in [1.29, 1.82) is 0 Å². The summed E-state index contributed by atoms with van der Waals surface area (Å²) in [5.41, 5.74) is 0.520. The highest BCUT2D eigenvalue weighted by Crippen LogP contribution is 2.27. The van der Waals surface area contributed by atoms with Gasteiger partial charge in [0.15, 0.2) is 11.5 Å². The number of aliphatic hydroxyl groups excluding tert-OH is 1. The molecule has 0 saturated heterocycles. The SMILES string of the molecule is COc1cc(C=O)ccc1OCC(O)CNC(C)C. The normalized spacial score (nSPS) is 12.3. The molecule has 0 aromatic heterocycles. The number of carbonyl (C=O) groups is 1. The van der Waals surface area contributed by atoms with Crippen molar-refractivity contribution in [2.24, 2.45) is 0 Å². The molecule has 0 spiro atoms. The van der Waals surface area contributed by atoms with Crippen LogP contribution in [0.3, 0.4) is 0 Å². The van der Waals surface area contributed by atoms with Gasteiger partial charge in [0.05, 0.1) is 7.11 Å². The Hall–Kier alpha value is -1.59. The fraction of sp³-hybridized carbons (Fsp3) is 0.500. The lowest BCUT2D eigenvalue weighted by atomic mass is 10.2. The smallest absolute Gasteiger partial charge is 0.161 e. The lowest BCUT2D eigenvalue weighted by Gasteiger charge is -2.16. The number of methoxy groups -OCH3 is 1. The Bertz CT molecular complexity index is 406. The lowest BCUT2D eigenvalue weighted by molar-refractivity contribution is 0.103. The van der Waals surface area contributed by atoms with Crippen LogP contribution in [0.2, 0.25) is 0 Å². The summed E-state index contributed by atoms with van der Waals surface area (Å²) in [5.74, 6) is 0.991. The minimum atomic E-state index is -0.599. The zero-order chi connectivity index (χ0) is 14.3. The number of nitrogens with one attached hydrogen (secondary N) is 1. The zero-order valence-electron chi connectivity index (χ0n) is 11.6. The highest BCUT2D eigenvalue weighted by molar-refractivity contribution is 5.76. The Morgan fingerprint density at radius 1 is 1.37 bits per heavy atom. The van der Waals surface area contributed by atoms with Crippen molar-refractivity contribution in [2.45, 2.75) is 26.0 Å². The van der Waals surface area contributed by atoms with Gasteiger partial charge < -0.3 is 19.9 Å². The lowest BCUT2D eigenvalue weighted by Crippen LogP contribution is -2.35. The summed E-state index contributed by atoms with van der Waals surface area (Å²) < 4.78 is 10.6. The first-order valence-electron chi connectivity index (χ1n) is 6.24. The number of carbonyl (C=O) groups excluding carboxylic acids is 1. The third-order valence-corrected chi connectivity index (χ3v) is 2.52. The van der Waals surface area contributed by atoms with E-state index in [-0.39, 0.29) is 6.61 Å². The molecule has 0 heterocycles. The fourth-order valence-corrected chi connectivity index (χ4v) is 1.49. The van der Waals surface area contributed by atoms with Crippen molar-refractivity contribution < 1.29 is 19.4 Å². The van der Waals surface area contributed by atoms with Gasteiger partial charge in [0.25, 0.3) is 0 Å². The van der Waals surface area contributed by atoms with Gasteiger partial charge in [0.1, 0.15) is 19.0 Å². The van der Waals surface area contributed by atoms with E-state index in [2.05, 4.69) is 5.32 Å². The monoisotopic (exact) mass is 267 g/mol. The number of hydrogen-bond donors (Lipinski definition) is 2. The molecule has 0 bridgehead atoms. The summed E-state index contributed by atoms with van der Waals surface area (Å²) in [6.45, 7) is 4.65. The second-order valence-corrected chi connectivity index (χ2v) is 4.56. The van der Waals surface area contributed by atoms with Gasteiger partial charge in [0, 0.05) is 18.2 Å². The summed E-state index contributed by atoms with van der Waals surface area (Å²) in [5, 5.41) is 12.9. The molecule has 0 aliphatic carbocycles. The van der Waals surface area contributed by atoms with Gasteiger partial charge in [-0.05, 0) is 18.2 Å². The zero-order valence-corrected chi connectivity index (χ0v) is 11.6. The van der Waals surface area contributed by atoms with E-state index in [0.717, 1.165) is 6.29 Å². The third-order valence-electron chi connectivity index (χ3n) is 2.52. The molecule has 0 radical (unpaired) electrons. The molecule has 0 fully saturated rings. The van der Waals surface area contributed by atoms with Crippen LogP contribution in [0.4, 0.5) is 0 Å². The molecule has 1 atom stereocenters. The van der Waals surface area contributed by atoms with Crippen LogP contribution in [0, 0.1) is 0 Å². The second-order valence-electron chi connectivity index (χ2n) is 4.56. The minimum Gasteiger partial charge on any atom is -0.493 e. The molecule has 106 valence electrons. The molecule has 2 N–H and O–H groups in total. The molecule has 0 saturated carbocycles. The maximum absolute atomic E-state index is 10.7. The number of rotatable bonds is 8. The predicted molar refractivity (Wildman–Crippen MR) is 73.0 cm³/mol. The summed E-state index contributed by atoms with van der Waals surface area (Å²) in [7, 11) is 1.51. The van der Waals surface area contributed by atoms with E-state index >= 15 is 0 Å². The summed E-state index contributed by atoms with van der Waals surface area (Å²) in [6.07, 6.45) is 0.145. The van der Waals surface area contributed by atoms with Gasteiger partial charge in [-0.1, -0.05) is 13.8 Å². The molecular weight excluding hydrogens is 246 g/mol. The quantitative estimate of drug-likeness (QED) is 0.694. The minimum absolute atomic E-state index is 0.163. The molecule has 0 amide bonds. The van der Waals surface area contributed by atoms with Crippen molar-refractivity contribution in [3.05, 3.63) is 23.8 Å². The van der Waals surface area contributed by atoms with Crippen LogP contribution in [-0.2, 0) is 0 Å². The average Bonchev–Trinajstić information content (AvgIpc) is 2.42. The first-order valence-corrected chi connectivity index (χ1v) is 6.24. The van der Waals surface area contributed by atoms with Gasteiger partial charge in [-0.2, -0.15) is 0 Å². The largest absolute Gasteiger partial charge is 0.493 e. The van der Waals surface area contributed by atoms with Crippen molar-refractivity contribution in [1.82, 2.24) is 5.32 Å². The van der Waals surface area contributed by atoms with E-state index in [1.165, 1.54) is 7.11 Å². The number of hydrogen-bond acceptors (Lipinski definition) is 5. The van der Waals surface area contributed by atoms with Crippen LogP contribution in [-0.4, -0.2) is 43.8 Å². The van der Waals surface area contributed by atoms with Crippen LogP contribution in [0.25, 0.3) is 0 Å². The number of aldehydes is 1. The number of benzene rings is 1. The molecule has 0 aliphatic rings. The predicted octanol–water partition coefficient (Wildman–Crippen LogP) is 1.25. The van der Waals surface area contributed by atoms with Crippen LogP contribution in [0.15, 0.2) is 18.2 Å². The van der Waals surface area contributed by atoms with Crippen LogP contribution in [0.5, 0.6) is 11.5 Å². The van der Waals surface area contributed by atoms with Crippen LogP contribution < -0.4 is 14.8 Å².